The summed E-state index contributed by atoms with van der Waals surface area (Å²) in [7, 11) is 0. The van der Waals surface area contributed by atoms with E-state index in [1.54, 1.807) is 0 Å². The summed E-state index contributed by atoms with van der Waals surface area (Å²) in [4.78, 5) is 15.8. The Kier molecular flexibility index (Phi) is 8.36. The molecule has 13 rings (SSSR count). The van der Waals surface area contributed by atoms with Crippen molar-refractivity contribution in [2.24, 2.45) is 0 Å². The van der Waals surface area contributed by atoms with Crippen LogP contribution in [-0.4, -0.2) is 19.5 Å². The molecule has 0 saturated carbocycles. The Hall–Kier alpha value is -8.25. The highest BCUT2D eigenvalue weighted by Gasteiger charge is 2.22. The molecule has 0 aliphatic heterocycles. The molecule has 3 aromatic heterocycles. The maximum absolute atomic E-state index is 5.36. The van der Waals surface area contributed by atoms with E-state index >= 15 is 0 Å². The van der Waals surface area contributed by atoms with Crippen molar-refractivity contribution >= 4 is 74.9 Å². The summed E-state index contributed by atoms with van der Waals surface area (Å²) in [6, 6.07) is 78.2. The third-order valence-electron chi connectivity index (χ3n) is 12.6. The van der Waals surface area contributed by atoms with Crippen LogP contribution in [-0.2, 0) is 0 Å². The minimum Gasteiger partial charge on any atom is -0.309 e. The van der Waals surface area contributed by atoms with Gasteiger partial charge in [-0.25, -0.2) is 15.0 Å². The van der Waals surface area contributed by atoms with Crippen LogP contribution in [0, 0.1) is 0 Å². The van der Waals surface area contributed by atoms with Gasteiger partial charge < -0.3 is 4.57 Å². The monoisotopic (exact) mass is 832 g/mol. The van der Waals surface area contributed by atoms with Crippen molar-refractivity contribution in [2.45, 2.75) is 0 Å². The van der Waals surface area contributed by atoms with E-state index in [1.165, 1.54) is 52.5 Å². The van der Waals surface area contributed by atoms with Crippen LogP contribution in [0.5, 0.6) is 0 Å². The molecule has 0 bridgehead atoms. The molecule has 0 spiro atoms. The largest absolute Gasteiger partial charge is 0.309 e. The molecule has 4 nitrogen and oxygen atoms in total. The third-order valence-corrected chi connectivity index (χ3v) is 13.7. The smallest absolute Gasteiger partial charge is 0.164 e. The van der Waals surface area contributed by atoms with Crippen molar-refractivity contribution in [1.82, 2.24) is 19.5 Å². The molecule has 13 aromatic rings. The Morgan fingerprint density at radius 2 is 0.891 bits per heavy atom. The Balaban J connectivity index is 1.12. The Morgan fingerprint density at radius 1 is 0.312 bits per heavy atom. The topological polar surface area (TPSA) is 43.6 Å². The maximum atomic E-state index is 5.36. The van der Waals surface area contributed by atoms with Crippen molar-refractivity contribution in [3.8, 4) is 62.1 Å². The van der Waals surface area contributed by atoms with E-state index < -0.39 is 0 Å². The van der Waals surface area contributed by atoms with Gasteiger partial charge in [0.1, 0.15) is 0 Å². The van der Waals surface area contributed by atoms with E-state index in [2.05, 4.69) is 199 Å². The number of thiophene rings is 1. The molecule has 10 aromatic carbocycles. The van der Waals surface area contributed by atoms with Gasteiger partial charge in [0, 0.05) is 53.2 Å². The first-order valence-corrected chi connectivity index (χ1v) is 22.4. The number of hydrogen-bond acceptors (Lipinski definition) is 4. The average Bonchev–Trinajstić information content (AvgIpc) is 3.89. The summed E-state index contributed by atoms with van der Waals surface area (Å²) in [5.74, 6) is 1.86. The van der Waals surface area contributed by atoms with Crippen LogP contribution in [0.15, 0.2) is 218 Å². The molecule has 0 amide bonds. The van der Waals surface area contributed by atoms with Crippen molar-refractivity contribution < 1.29 is 0 Å². The molecular weight excluding hydrogens is 797 g/mol. The lowest BCUT2D eigenvalue weighted by Gasteiger charge is -2.17. The van der Waals surface area contributed by atoms with Gasteiger partial charge in [-0.3, -0.25) is 0 Å². The lowest BCUT2D eigenvalue weighted by atomic mass is 9.95. The second-order valence-electron chi connectivity index (χ2n) is 16.4. The standard InChI is InChI=1S/C59H36N4S/c1-3-16-37(17-4-1)44-24-11-12-26-47(44)59-61-57(38-18-5-2-6-19-38)60-58(62-59)43-30-31-52(63-51-28-14-13-25-45(51)48-32-39-20-7-9-22-41(39)35-53(48)63)49(34-43)46-27-15-29-54-56(46)50-33-40-21-8-10-23-42(40)36-55(50)64-54/h1-36H. The number of rotatable bonds is 6. The van der Waals surface area contributed by atoms with Crippen molar-refractivity contribution in [2.75, 3.05) is 0 Å². The molecule has 298 valence electrons. The van der Waals surface area contributed by atoms with Gasteiger partial charge in [0.25, 0.3) is 0 Å². The van der Waals surface area contributed by atoms with Crippen molar-refractivity contribution in [3.05, 3.63) is 218 Å². The molecule has 3 heterocycles. The van der Waals surface area contributed by atoms with E-state index in [1.807, 2.05) is 35.6 Å². The Bertz CT molecular complexity index is 3960. The van der Waals surface area contributed by atoms with Gasteiger partial charge in [0.2, 0.25) is 0 Å². The predicted octanol–water partition coefficient (Wildman–Crippen LogP) is 16.0. The van der Waals surface area contributed by atoms with Crippen LogP contribution in [0.1, 0.15) is 0 Å². The highest BCUT2D eigenvalue weighted by molar-refractivity contribution is 7.26. The molecule has 64 heavy (non-hydrogen) atoms. The first-order valence-electron chi connectivity index (χ1n) is 21.6. The molecular formula is C59H36N4S. The second kappa shape index (κ2) is 14.7. The fourth-order valence-corrected chi connectivity index (χ4v) is 10.8. The fraction of sp³-hybridized carbons (Fsp3) is 0. The minimum absolute atomic E-state index is 0.612. The van der Waals surface area contributed by atoms with Crippen LogP contribution >= 0.6 is 11.3 Å². The van der Waals surface area contributed by atoms with Gasteiger partial charge in [-0.2, -0.15) is 0 Å². The van der Waals surface area contributed by atoms with E-state index in [0.29, 0.717) is 17.5 Å². The second-order valence-corrected chi connectivity index (χ2v) is 17.4. The number of para-hydroxylation sites is 1. The molecule has 0 radical (unpaired) electrons. The van der Waals surface area contributed by atoms with E-state index in [9.17, 15) is 0 Å². The summed E-state index contributed by atoms with van der Waals surface area (Å²) in [6.45, 7) is 0. The number of fused-ring (bicyclic) bond motifs is 8. The summed E-state index contributed by atoms with van der Waals surface area (Å²) < 4.78 is 4.98. The van der Waals surface area contributed by atoms with Crippen molar-refractivity contribution in [1.29, 1.82) is 0 Å². The Morgan fingerprint density at radius 3 is 1.66 bits per heavy atom. The van der Waals surface area contributed by atoms with Gasteiger partial charge in [0.05, 0.1) is 16.7 Å². The van der Waals surface area contributed by atoms with Gasteiger partial charge >= 0.3 is 0 Å². The zero-order valence-electron chi connectivity index (χ0n) is 34.5. The molecule has 5 heteroatoms. The zero-order chi connectivity index (χ0) is 42.1. The molecule has 0 N–H and O–H groups in total. The zero-order valence-corrected chi connectivity index (χ0v) is 35.3. The van der Waals surface area contributed by atoms with Crippen LogP contribution in [0.25, 0.3) is 126 Å². The minimum atomic E-state index is 0.612. The molecule has 0 atom stereocenters. The Labute approximate surface area is 373 Å². The summed E-state index contributed by atoms with van der Waals surface area (Å²) in [5, 5.41) is 9.85. The van der Waals surface area contributed by atoms with E-state index in [0.717, 1.165) is 55.7 Å². The van der Waals surface area contributed by atoms with Crippen molar-refractivity contribution in [3.63, 3.8) is 0 Å². The van der Waals surface area contributed by atoms with E-state index in [-0.39, 0.29) is 0 Å². The lowest BCUT2D eigenvalue weighted by molar-refractivity contribution is 1.07. The molecule has 0 fully saturated rings. The van der Waals surface area contributed by atoms with Gasteiger partial charge in [-0.15, -0.1) is 11.3 Å². The average molecular weight is 833 g/mol. The van der Waals surface area contributed by atoms with Crippen LogP contribution in [0.4, 0.5) is 0 Å². The van der Waals surface area contributed by atoms with Crippen LogP contribution in [0.2, 0.25) is 0 Å². The summed E-state index contributed by atoms with van der Waals surface area (Å²) in [5.41, 5.74) is 10.6. The van der Waals surface area contributed by atoms with Gasteiger partial charge in [-0.05, 0) is 92.8 Å². The molecule has 0 aliphatic rings. The number of nitrogens with zero attached hydrogens (tertiary/aromatic N) is 4. The lowest BCUT2D eigenvalue weighted by Crippen LogP contribution is -2.02. The van der Waals surface area contributed by atoms with Gasteiger partial charge in [0.15, 0.2) is 17.5 Å². The first-order chi connectivity index (χ1) is 31.7. The molecule has 0 saturated heterocycles. The van der Waals surface area contributed by atoms with Gasteiger partial charge in [-0.1, -0.05) is 164 Å². The third kappa shape index (κ3) is 5.93. The van der Waals surface area contributed by atoms with Crippen LogP contribution < -0.4 is 0 Å². The van der Waals surface area contributed by atoms with Crippen LogP contribution in [0.3, 0.4) is 0 Å². The SMILES string of the molecule is c1ccc(-c2nc(-c3ccc(-n4c5ccccc5c5cc6ccccc6cc54)c(-c4cccc5sc6cc7ccccc7cc6c45)c3)nc(-c3ccccc3-c3ccccc3)n2)cc1. The predicted molar refractivity (Wildman–Crippen MR) is 269 cm³/mol. The number of aromatic nitrogens is 4. The normalized spacial score (nSPS) is 11.8. The molecule has 0 aliphatic carbocycles. The summed E-state index contributed by atoms with van der Waals surface area (Å²) >= 11 is 1.85. The maximum Gasteiger partial charge on any atom is 0.164 e. The fourth-order valence-electron chi connectivity index (χ4n) is 9.63. The number of benzene rings is 10. The first kappa shape index (κ1) is 36.4. The molecule has 0 unspecified atom stereocenters. The quantitative estimate of drug-likeness (QED) is 0.168. The van der Waals surface area contributed by atoms with E-state index in [4.69, 9.17) is 15.0 Å². The highest BCUT2D eigenvalue weighted by Crippen LogP contribution is 2.46. The summed E-state index contributed by atoms with van der Waals surface area (Å²) in [6.07, 6.45) is 0. The number of hydrogen-bond donors (Lipinski definition) is 0. The highest BCUT2D eigenvalue weighted by atomic mass is 32.1.